The van der Waals surface area contributed by atoms with Gasteiger partial charge in [0.25, 0.3) is 0 Å². The summed E-state index contributed by atoms with van der Waals surface area (Å²) < 4.78 is 34.7. The minimum atomic E-state index is -1.65. The number of nitrogens with zero attached hydrogens (tertiary/aromatic N) is 5. The Bertz CT molecular complexity index is 930. The number of hydrogen-bond donors (Lipinski definition) is 1. The lowest BCUT2D eigenvalue weighted by Crippen LogP contribution is -2.53. The van der Waals surface area contributed by atoms with Crippen LogP contribution in [0.4, 0.5) is 8.78 Å². The van der Waals surface area contributed by atoms with Crippen LogP contribution in [0.1, 0.15) is 23.8 Å². The van der Waals surface area contributed by atoms with Crippen molar-refractivity contribution >= 4 is 0 Å². The Kier molecular flexibility index (Phi) is 4.48. The minimum absolute atomic E-state index is 0.0167. The number of aliphatic hydroxyl groups is 1. The van der Waals surface area contributed by atoms with Crippen molar-refractivity contribution in [1.82, 2.24) is 24.8 Å². The van der Waals surface area contributed by atoms with E-state index in [2.05, 4.69) is 15.2 Å². The molecule has 0 saturated carbocycles. The Labute approximate surface area is 154 Å². The van der Waals surface area contributed by atoms with Gasteiger partial charge in [0.1, 0.15) is 35.7 Å². The second-order valence-electron chi connectivity index (χ2n) is 6.81. The van der Waals surface area contributed by atoms with E-state index in [9.17, 15) is 13.9 Å². The molecule has 0 spiro atoms. The molecule has 3 aromatic rings. The fourth-order valence-corrected chi connectivity index (χ4v) is 3.64. The predicted molar refractivity (Wildman–Crippen MR) is 90.4 cm³/mol. The summed E-state index contributed by atoms with van der Waals surface area (Å²) >= 11 is 0. The molecule has 1 N–H and O–H groups in total. The summed E-state index contributed by atoms with van der Waals surface area (Å²) in [4.78, 5) is 5.91. The monoisotopic (exact) mass is 375 g/mol. The molecule has 0 bridgehead atoms. The van der Waals surface area contributed by atoms with E-state index >= 15 is 0 Å². The number of benzene rings is 1. The molecule has 0 unspecified atom stereocenters. The lowest BCUT2D eigenvalue weighted by molar-refractivity contribution is -0.0683. The van der Waals surface area contributed by atoms with Crippen molar-refractivity contribution in [3.63, 3.8) is 0 Å². The molecule has 0 radical (unpaired) electrons. The van der Waals surface area contributed by atoms with E-state index in [0.717, 1.165) is 23.5 Å². The maximum absolute atomic E-state index is 14.6. The molecule has 1 aliphatic heterocycles. The molecular weight excluding hydrogens is 356 g/mol. The van der Waals surface area contributed by atoms with Gasteiger partial charge in [-0.3, -0.25) is 4.90 Å². The van der Waals surface area contributed by atoms with Crippen LogP contribution in [0.15, 0.2) is 41.6 Å². The molecule has 3 heterocycles. The van der Waals surface area contributed by atoms with Gasteiger partial charge in [0.05, 0.1) is 12.7 Å². The predicted octanol–water partition coefficient (Wildman–Crippen LogP) is 1.88. The molecule has 1 aliphatic rings. The van der Waals surface area contributed by atoms with Crippen LogP contribution in [0.2, 0.25) is 0 Å². The molecule has 4 rings (SSSR count). The number of rotatable bonds is 5. The first-order chi connectivity index (χ1) is 13.0. The molecule has 2 atom stereocenters. The average molecular weight is 375 g/mol. The lowest BCUT2D eigenvalue weighted by atomic mass is 9.84. The van der Waals surface area contributed by atoms with Crippen LogP contribution >= 0.6 is 0 Å². The molecule has 0 saturated heterocycles. The topological polar surface area (TPSA) is 80.2 Å². The van der Waals surface area contributed by atoms with E-state index in [1.54, 1.807) is 6.20 Å². The van der Waals surface area contributed by atoms with Gasteiger partial charge in [0.15, 0.2) is 0 Å². The minimum Gasteiger partial charge on any atom is -0.381 e. The van der Waals surface area contributed by atoms with Gasteiger partial charge in [-0.05, 0) is 13.0 Å². The molecule has 142 valence electrons. The van der Waals surface area contributed by atoms with E-state index in [1.807, 2.05) is 11.8 Å². The molecule has 0 amide bonds. The first-order valence-corrected chi connectivity index (χ1v) is 8.64. The zero-order chi connectivity index (χ0) is 19.0. The van der Waals surface area contributed by atoms with Crippen LogP contribution < -0.4 is 0 Å². The van der Waals surface area contributed by atoms with Gasteiger partial charge in [0.2, 0.25) is 0 Å². The Morgan fingerprint density at radius 2 is 2.22 bits per heavy atom. The molecular formula is C18H19F2N5O2. The van der Waals surface area contributed by atoms with Crippen molar-refractivity contribution in [2.24, 2.45) is 0 Å². The van der Waals surface area contributed by atoms with Crippen molar-refractivity contribution in [1.29, 1.82) is 0 Å². The third-order valence-corrected chi connectivity index (χ3v) is 5.24. The molecule has 9 heteroatoms. The van der Waals surface area contributed by atoms with E-state index in [1.165, 1.54) is 23.4 Å². The highest BCUT2D eigenvalue weighted by Gasteiger charge is 2.43. The second-order valence-corrected chi connectivity index (χ2v) is 6.81. The first-order valence-electron chi connectivity index (χ1n) is 8.64. The Balaban J connectivity index is 1.71. The summed E-state index contributed by atoms with van der Waals surface area (Å²) in [5, 5.41) is 19.5. The van der Waals surface area contributed by atoms with Crippen molar-refractivity contribution in [3.8, 4) is 0 Å². The molecule has 7 nitrogen and oxygen atoms in total. The highest BCUT2D eigenvalue weighted by molar-refractivity contribution is 5.28. The third-order valence-electron chi connectivity index (χ3n) is 5.24. The Hall–Kier alpha value is -2.65. The van der Waals surface area contributed by atoms with E-state index in [4.69, 9.17) is 4.52 Å². The van der Waals surface area contributed by atoms with Crippen LogP contribution in [0.25, 0.3) is 0 Å². The second kappa shape index (κ2) is 6.82. The van der Waals surface area contributed by atoms with Crippen LogP contribution in [-0.4, -0.2) is 42.5 Å². The third kappa shape index (κ3) is 3.24. The molecule has 0 fully saturated rings. The highest BCUT2D eigenvalue weighted by Crippen LogP contribution is 2.34. The van der Waals surface area contributed by atoms with Gasteiger partial charge in [-0.15, -0.1) is 0 Å². The number of aromatic nitrogens is 4. The van der Waals surface area contributed by atoms with E-state index in [0.29, 0.717) is 19.5 Å². The highest BCUT2D eigenvalue weighted by atomic mass is 19.1. The van der Waals surface area contributed by atoms with Crippen molar-refractivity contribution in [2.75, 3.05) is 6.54 Å². The maximum atomic E-state index is 14.6. The van der Waals surface area contributed by atoms with E-state index < -0.39 is 23.3 Å². The average Bonchev–Trinajstić information content (AvgIpc) is 3.31. The SMILES string of the molecule is C[C@@H](N1CCc2oncc2C1)[C@](O)(Cn1cncn1)c1ccc(F)cc1F. The van der Waals surface area contributed by atoms with Gasteiger partial charge in [-0.25, -0.2) is 18.4 Å². The Morgan fingerprint density at radius 1 is 1.37 bits per heavy atom. The molecule has 2 aromatic heterocycles. The molecule has 1 aromatic carbocycles. The summed E-state index contributed by atoms with van der Waals surface area (Å²) in [6, 6.07) is 2.71. The van der Waals surface area contributed by atoms with Crippen LogP contribution in [0, 0.1) is 11.6 Å². The number of fused-ring (bicyclic) bond motifs is 1. The van der Waals surface area contributed by atoms with Crippen molar-refractivity contribution in [3.05, 3.63) is 65.6 Å². The standard InChI is InChI=1S/C18H19F2N5O2/c1-12(24-5-4-17-13(8-24)7-23-27-17)18(26,9-25-11-21-10-22-25)15-3-2-14(19)6-16(15)20/h2-3,6-7,10-12,26H,4-5,8-9H2,1H3/t12-,18-/m1/s1. The lowest BCUT2D eigenvalue weighted by Gasteiger charge is -2.42. The van der Waals surface area contributed by atoms with E-state index in [-0.39, 0.29) is 12.1 Å². The number of halogens is 2. The summed E-state index contributed by atoms with van der Waals surface area (Å²) in [7, 11) is 0. The van der Waals surface area contributed by atoms with Crippen molar-refractivity contribution in [2.45, 2.75) is 38.1 Å². The van der Waals surface area contributed by atoms with Gasteiger partial charge in [-0.1, -0.05) is 11.2 Å². The molecule has 0 aliphatic carbocycles. The zero-order valence-corrected chi connectivity index (χ0v) is 14.7. The Morgan fingerprint density at radius 3 is 2.96 bits per heavy atom. The van der Waals surface area contributed by atoms with Crippen LogP contribution in [0.5, 0.6) is 0 Å². The fourth-order valence-electron chi connectivity index (χ4n) is 3.64. The smallest absolute Gasteiger partial charge is 0.142 e. The van der Waals surface area contributed by atoms with Gasteiger partial charge < -0.3 is 9.63 Å². The quantitative estimate of drug-likeness (QED) is 0.734. The fraction of sp³-hybridized carbons (Fsp3) is 0.389. The van der Waals surface area contributed by atoms with Crippen molar-refractivity contribution < 1.29 is 18.4 Å². The number of hydrogen-bond acceptors (Lipinski definition) is 6. The van der Waals surface area contributed by atoms with Gasteiger partial charge in [-0.2, -0.15) is 5.10 Å². The van der Waals surface area contributed by atoms with Gasteiger partial charge >= 0.3 is 0 Å². The van der Waals surface area contributed by atoms with Gasteiger partial charge in [0, 0.05) is 42.7 Å². The first kappa shape index (κ1) is 17.7. The summed E-state index contributed by atoms with van der Waals surface area (Å²) in [5.41, 5.74) is -0.695. The maximum Gasteiger partial charge on any atom is 0.142 e. The summed E-state index contributed by atoms with van der Waals surface area (Å²) in [6.45, 7) is 2.93. The molecule has 27 heavy (non-hydrogen) atoms. The largest absolute Gasteiger partial charge is 0.381 e. The zero-order valence-electron chi connectivity index (χ0n) is 14.7. The normalized spacial score (nSPS) is 18.1. The van der Waals surface area contributed by atoms with Crippen LogP contribution in [-0.2, 0) is 25.1 Å². The summed E-state index contributed by atoms with van der Waals surface area (Å²) in [5.74, 6) is -0.669. The summed E-state index contributed by atoms with van der Waals surface area (Å²) in [6.07, 6.45) is 5.10. The van der Waals surface area contributed by atoms with Crippen LogP contribution in [0.3, 0.4) is 0 Å².